The van der Waals surface area contributed by atoms with Crippen LogP contribution in [0.15, 0.2) is 48.5 Å². The Morgan fingerprint density at radius 2 is 1.72 bits per heavy atom. The van der Waals surface area contributed by atoms with Crippen LogP contribution in [0.4, 0.5) is 5.69 Å². The van der Waals surface area contributed by atoms with Gasteiger partial charge < -0.3 is 0 Å². The standard InChI is InChI=1S/C14H10ClNO2/c15-13-8-4-7-12(14(13)16(17)18)10-9-11-5-2-1-3-6-11/h1-10H/b10-9+. The summed E-state index contributed by atoms with van der Waals surface area (Å²) < 4.78 is 0. The van der Waals surface area contributed by atoms with Crippen molar-refractivity contribution in [3.63, 3.8) is 0 Å². The fraction of sp³-hybridized carbons (Fsp3) is 0. The first-order valence-electron chi connectivity index (χ1n) is 5.34. The van der Waals surface area contributed by atoms with E-state index in [-0.39, 0.29) is 10.7 Å². The number of hydrogen-bond donors (Lipinski definition) is 0. The Morgan fingerprint density at radius 3 is 2.39 bits per heavy atom. The van der Waals surface area contributed by atoms with Crippen LogP contribution in [-0.4, -0.2) is 4.92 Å². The van der Waals surface area contributed by atoms with Gasteiger partial charge in [-0.05, 0) is 23.8 Å². The molecule has 0 bridgehead atoms. The molecule has 4 heteroatoms. The first-order chi connectivity index (χ1) is 8.68. The molecule has 0 aliphatic rings. The molecule has 2 aromatic carbocycles. The van der Waals surface area contributed by atoms with Crippen molar-refractivity contribution >= 4 is 29.4 Å². The summed E-state index contributed by atoms with van der Waals surface area (Å²) in [5.74, 6) is 0. The summed E-state index contributed by atoms with van der Waals surface area (Å²) in [6, 6.07) is 14.5. The lowest BCUT2D eigenvalue weighted by atomic mass is 10.1. The number of benzene rings is 2. The molecule has 0 aromatic heterocycles. The predicted octanol–water partition coefficient (Wildman–Crippen LogP) is 4.42. The Kier molecular flexibility index (Phi) is 3.75. The van der Waals surface area contributed by atoms with Gasteiger partial charge in [-0.15, -0.1) is 0 Å². The average Bonchev–Trinajstić information content (AvgIpc) is 2.37. The smallest absolute Gasteiger partial charge is 0.258 e. The molecule has 0 N–H and O–H groups in total. The van der Waals surface area contributed by atoms with E-state index in [9.17, 15) is 10.1 Å². The second-order valence-corrected chi connectivity index (χ2v) is 4.09. The van der Waals surface area contributed by atoms with Crippen LogP contribution < -0.4 is 0 Å². The van der Waals surface area contributed by atoms with E-state index in [1.807, 2.05) is 36.4 Å². The van der Waals surface area contributed by atoms with Crippen molar-refractivity contribution < 1.29 is 4.92 Å². The molecule has 0 aliphatic carbocycles. The molecule has 0 amide bonds. The summed E-state index contributed by atoms with van der Waals surface area (Å²) in [7, 11) is 0. The largest absolute Gasteiger partial charge is 0.295 e. The van der Waals surface area contributed by atoms with E-state index in [0.29, 0.717) is 5.56 Å². The maximum atomic E-state index is 10.9. The highest BCUT2D eigenvalue weighted by Crippen LogP contribution is 2.29. The van der Waals surface area contributed by atoms with E-state index in [0.717, 1.165) is 5.56 Å². The van der Waals surface area contributed by atoms with Crippen LogP contribution in [0, 0.1) is 10.1 Å². The Balaban J connectivity index is 2.38. The Hall–Kier alpha value is -2.13. The van der Waals surface area contributed by atoms with Crippen molar-refractivity contribution in [1.29, 1.82) is 0 Å². The van der Waals surface area contributed by atoms with Gasteiger partial charge in [0.2, 0.25) is 0 Å². The van der Waals surface area contributed by atoms with Crippen LogP contribution in [0.5, 0.6) is 0 Å². The van der Waals surface area contributed by atoms with Gasteiger partial charge in [-0.2, -0.15) is 0 Å². The summed E-state index contributed by atoms with van der Waals surface area (Å²) in [4.78, 5) is 10.5. The zero-order valence-electron chi connectivity index (χ0n) is 9.42. The summed E-state index contributed by atoms with van der Waals surface area (Å²) >= 11 is 5.83. The Bertz CT molecular complexity index is 594. The molecule has 0 saturated carbocycles. The minimum atomic E-state index is -0.465. The third-order valence-electron chi connectivity index (χ3n) is 2.46. The third kappa shape index (κ3) is 2.76. The molecule has 2 aromatic rings. The number of nitro benzene ring substituents is 1. The Morgan fingerprint density at radius 1 is 1.00 bits per heavy atom. The summed E-state index contributed by atoms with van der Waals surface area (Å²) in [5.41, 5.74) is 1.41. The minimum absolute atomic E-state index is 0.0636. The van der Waals surface area contributed by atoms with E-state index in [2.05, 4.69) is 0 Å². The molecule has 2 rings (SSSR count). The lowest BCUT2D eigenvalue weighted by Crippen LogP contribution is -1.92. The van der Waals surface area contributed by atoms with E-state index >= 15 is 0 Å². The van der Waals surface area contributed by atoms with E-state index in [1.54, 1.807) is 18.2 Å². The first kappa shape index (κ1) is 12.3. The van der Waals surface area contributed by atoms with Gasteiger partial charge in [0.25, 0.3) is 5.69 Å². The summed E-state index contributed by atoms with van der Waals surface area (Å²) in [6.45, 7) is 0. The Labute approximate surface area is 109 Å². The van der Waals surface area contributed by atoms with Crippen molar-refractivity contribution in [1.82, 2.24) is 0 Å². The van der Waals surface area contributed by atoms with E-state index < -0.39 is 4.92 Å². The molecule has 18 heavy (non-hydrogen) atoms. The molecule has 0 aliphatic heterocycles. The van der Waals surface area contributed by atoms with Crippen LogP contribution in [0.25, 0.3) is 12.2 Å². The van der Waals surface area contributed by atoms with Gasteiger partial charge in [-0.1, -0.05) is 54.1 Å². The van der Waals surface area contributed by atoms with Crippen LogP contribution in [-0.2, 0) is 0 Å². The van der Waals surface area contributed by atoms with Gasteiger partial charge in [0, 0.05) is 0 Å². The molecule has 0 atom stereocenters. The zero-order valence-corrected chi connectivity index (χ0v) is 10.2. The molecule has 90 valence electrons. The number of nitro groups is 1. The molecule has 0 spiro atoms. The molecule has 0 unspecified atom stereocenters. The number of para-hydroxylation sites is 1. The first-order valence-corrected chi connectivity index (χ1v) is 5.72. The SMILES string of the molecule is O=[N+]([O-])c1c(Cl)cccc1/C=C/c1ccccc1. The minimum Gasteiger partial charge on any atom is -0.258 e. The number of rotatable bonds is 3. The van der Waals surface area contributed by atoms with Gasteiger partial charge in [-0.3, -0.25) is 10.1 Å². The van der Waals surface area contributed by atoms with Crippen LogP contribution in [0.1, 0.15) is 11.1 Å². The van der Waals surface area contributed by atoms with Crippen LogP contribution >= 0.6 is 11.6 Å². The molecule has 0 heterocycles. The van der Waals surface area contributed by atoms with E-state index in [1.165, 1.54) is 6.07 Å². The maximum absolute atomic E-state index is 10.9. The van der Waals surface area contributed by atoms with Gasteiger partial charge in [0.1, 0.15) is 5.02 Å². The van der Waals surface area contributed by atoms with Gasteiger partial charge in [0.05, 0.1) is 10.5 Å². The van der Waals surface area contributed by atoms with Crippen molar-refractivity contribution in [2.45, 2.75) is 0 Å². The van der Waals surface area contributed by atoms with Gasteiger partial charge in [-0.25, -0.2) is 0 Å². The molecule has 3 nitrogen and oxygen atoms in total. The highest BCUT2D eigenvalue weighted by atomic mass is 35.5. The maximum Gasteiger partial charge on any atom is 0.295 e. The second kappa shape index (κ2) is 5.47. The van der Waals surface area contributed by atoms with Crippen molar-refractivity contribution in [2.75, 3.05) is 0 Å². The third-order valence-corrected chi connectivity index (χ3v) is 2.76. The van der Waals surface area contributed by atoms with Crippen molar-refractivity contribution in [3.05, 3.63) is 74.8 Å². The molecule has 0 saturated heterocycles. The highest BCUT2D eigenvalue weighted by molar-refractivity contribution is 6.33. The van der Waals surface area contributed by atoms with E-state index in [4.69, 9.17) is 11.6 Å². The van der Waals surface area contributed by atoms with Gasteiger partial charge in [0.15, 0.2) is 0 Å². The topological polar surface area (TPSA) is 43.1 Å². The van der Waals surface area contributed by atoms with Crippen molar-refractivity contribution in [3.8, 4) is 0 Å². The quantitative estimate of drug-likeness (QED) is 0.465. The zero-order chi connectivity index (χ0) is 13.0. The molecular weight excluding hydrogens is 250 g/mol. The number of nitrogens with zero attached hydrogens (tertiary/aromatic N) is 1. The highest BCUT2D eigenvalue weighted by Gasteiger charge is 2.15. The average molecular weight is 260 g/mol. The normalized spacial score (nSPS) is 10.7. The van der Waals surface area contributed by atoms with Gasteiger partial charge >= 0.3 is 0 Å². The number of hydrogen-bond acceptors (Lipinski definition) is 2. The fourth-order valence-corrected chi connectivity index (χ4v) is 1.86. The van der Waals surface area contributed by atoms with Crippen LogP contribution in [0.3, 0.4) is 0 Å². The molecular formula is C14H10ClNO2. The summed E-state index contributed by atoms with van der Waals surface area (Å²) in [6.07, 6.45) is 3.51. The summed E-state index contributed by atoms with van der Waals surface area (Å²) in [5, 5.41) is 11.1. The molecule has 0 fully saturated rings. The van der Waals surface area contributed by atoms with Crippen LogP contribution in [0.2, 0.25) is 5.02 Å². The monoisotopic (exact) mass is 259 g/mol. The second-order valence-electron chi connectivity index (χ2n) is 3.68. The lowest BCUT2D eigenvalue weighted by molar-refractivity contribution is -0.384. The fourth-order valence-electron chi connectivity index (χ4n) is 1.61. The lowest BCUT2D eigenvalue weighted by Gasteiger charge is -1.99. The number of halogens is 1. The predicted molar refractivity (Wildman–Crippen MR) is 73.5 cm³/mol. The van der Waals surface area contributed by atoms with Crippen molar-refractivity contribution in [2.24, 2.45) is 0 Å². The molecule has 0 radical (unpaired) electrons.